The monoisotopic (exact) mass is 267 g/mol. The highest BCUT2D eigenvalue weighted by Crippen LogP contribution is 2.19. The summed E-state index contributed by atoms with van der Waals surface area (Å²) in [5.74, 6) is 5.51. The summed E-state index contributed by atoms with van der Waals surface area (Å²) < 4.78 is 0. The van der Waals surface area contributed by atoms with Gasteiger partial charge in [0.1, 0.15) is 5.60 Å². The van der Waals surface area contributed by atoms with Crippen molar-refractivity contribution in [3.05, 3.63) is 75.8 Å². The van der Waals surface area contributed by atoms with E-state index < -0.39 is 10.5 Å². The summed E-state index contributed by atoms with van der Waals surface area (Å²) in [5.41, 5.74) is -0.143. The molecule has 0 aliphatic carbocycles. The van der Waals surface area contributed by atoms with E-state index >= 15 is 0 Å². The molecule has 0 bridgehead atoms. The Balaban J connectivity index is 2.31. The highest BCUT2D eigenvalue weighted by Gasteiger charge is 2.19. The lowest BCUT2D eigenvalue weighted by Crippen LogP contribution is -2.18. The molecule has 0 spiro atoms. The van der Waals surface area contributed by atoms with Crippen molar-refractivity contribution in [2.45, 2.75) is 12.5 Å². The van der Waals surface area contributed by atoms with Crippen molar-refractivity contribution in [1.82, 2.24) is 0 Å². The van der Waals surface area contributed by atoms with Crippen molar-refractivity contribution in [3.8, 4) is 11.8 Å². The molecule has 0 saturated carbocycles. The van der Waals surface area contributed by atoms with Gasteiger partial charge in [0.2, 0.25) is 0 Å². The van der Waals surface area contributed by atoms with E-state index in [1.165, 1.54) is 12.1 Å². The lowest BCUT2D eigenvalue weighted by Gasteiger charge is -2.16. The summed E-state index contributed by atoms with van der Waals surface area (Å²) in [7, 11) is 0. The molecule has 0 aromatic heterocycles. The molecule has 0 saturated heterocycles. The Hall–Kier alpha value is -2.64. The zero-order chi connectivity index (χ0) is 14.6. The van der Waals surface area contributed by atoms with Gasteiger partial charge in [0, 0.05) is 17.7 Å². The molecule has 0 amide bonds. The number of hydrogen-bond donors (Lipinski definition) is 1. The van der Waals surface area contributed by atoms with Gasteiger partial charge in [-0.2, -0.15) is 0 Å². The van der Waals surface area contributed by atoms with E-state index in [2.05, 4.69) is 11.8 Å². The molecule has 0 radical (unpaired) electrons. The predicted molar refractivity (Wildman–Crippen MR) is 76.0 cm³/mol. The van der Waals surface area contributed by atoms with E-state index in [0.717, 1.165) is 0 Å². The molecule has 1 unspecified atom stereocenters. The summed E-state index contributed by atoms with van der Waals surface area (Å²) >= 11 is 0. The first-order valence-electron chi connectivity index (χ1n) is 6.04. The van der Waals surface area contributed by atoms with Crippen LogP contribution in [0.2, 0.25) is 0 Å². The number of benzene rings is 2. The second-order valence-electron chi connectivity index (χ2n) is 4.50. The fourth-order valence-corrected chi connectivity index (χ4v) is 1.73. The van der Waals surface area contributed by atoms with E-state index in [1.807, 2.05) is 18.2 Å². The van der Waals surface area contributed by atoms with Crippen molar-refractivity contribution in [2.24, 2.45) is 0 Å². The number of hydrogen-bond acceptors (Lipinski definition) is 3. The molecule has 1 atom stereocenters. The number of nitrogens with zero attached hydrogens (tertiary/aromatic N) is 1. The van der Waals surface area contributed by atoms with Crippen LogP contribution in [0.25, 0.3) is 0 Å². The van der Waals surface area contributed by atoms with Crippen LogP contribution in [0.4, 0.5) is 5.69 Å². The Morgan fingerprint density at radius 1 is 1.15 bits per heavy atom. The minimum absolute atomic E-state index is 0.0175. The average Bonchev–Trinajstić information content (AvgIpc) is 2.46. The van der Waals surface area contributed by atoms with Gasteiger partial charge in [-0.3, -0.25) is 10.1 Å². The Bertz CT molecular complexity index is 682. The minimum atomic E-state index is -1.30. The van der Waals surface area contributed by atoms with E-state index in [0.29, 0.717) is 11.1 Å². The summed E-state index contributed by atoms with van der Waals surface area (Å²) in [6, 6.07) is 15.1. The lowest BCUT2D eigenvalue weighted by atomic mass is 9.96. The molecule has 2 aromatic carbocycles. The number of aliphatic hydroxyl groups is 1. The maximum Gasteiger partial charge on any atom is 0.270 e. The molecule has 0 fully saturated rings. The average molecular weight is 267 g/mol. The number of non-ortho nitro benzene ring substituents is 1. The Morgan fingerprint density at radius 3 is 2.50 bits per heavy atom. The van der Waals surface area contributed by atoms with Crippen LogP contribution in [-0.2, 0) is 5.60 Å². The third-order valence-corrected chi connectivity index (χ3v) is 2.84. The summed E-state index contributed by atoms with van der Waals surface area (Å²) in [5, 5.41) is 21.0. The van der Waals surface area contributed by atoms with Gasteiger partial charge in [-0.1, -0.05) is 48.2 Å². The Kier molecular flexibility index (Phi) is 3.83. The molecule has 0 heterocycles. The third kappa shape index (κ3) is 3.22. The molecular formula is C16H13NO3. The Labute approximate surface area is 116 Å². The molecule has 0 aliphatic heterocycles. The molecule has 20 heavy (non-hydrogen) atoms. The van der Waals surface area contributed by atoms with Crippen molar-refractivity contribution < 1.29 is 10.0 Å². The van der Waals surface area contributed by atoms with E-state index in [4.69, 9.17) is 0 Å². The van der Waals surface area contributed by atoms with Crippen LogP contribution in [0.5, 0.6) is 0 Å². The largest absolute Gasteiger partial charge is 0.374 e. The lowest BCUT2D eigenvalue weighted by molar-refractivity contribution is -0.384. The molecule has 1 N–H and O–H groups in total. The first-order valence-corrected chi connectivity index (χ1v) is 6.04. The molecule has 2 aromatic rings. The minimum Gasteiger partial charge on any atom is -0.374 e. The highest BCUT2D eigenvalue weighted by molar-refractivity contribution is 5.45. The van der Waals surface area contributed by atoms with Gasteiger partial charge in [0.05, 0.1) is 4.92 Å². The smallest absolute Gasteiger partial charge is 0.270 e. The van der Waals surface area contributed by atoms with Crippen LogP contribution in [0.15, 0.2) is 54.6 Å². The zero-order valence-corrected chi connectivity index (χ0v) is 10.9. The third-order valence-electron chi connectivity index (χ3n) is 2.84. The van der Waals surface area contributed by atoms with Gasteiger partial charge in [-0.05, 0) is 18.6 Å². The molecule has 2 rings (SSSR count). The van der Waals surface area contributed by atoms with Crippen LogP contribution in [0.3, 0.4) is 0 Å². The van der Waals surface area contributed by atoms with Crippen molar-refractivity contribution >= 4 is 5.69 Å². The topological polar surface area (TPSA) is 63.4 Å². The second-order valence-corrected chi connectivity index (χ2v) is 4.50. The van der Waals surface area contributed by atoms with Crippen LogP contribution in [-0.4, -0.2) is 10.0 Å². The van der Waals surface area contributed by atoms with Crippen molar-refractivity contribution in [3.63, 3.8) is 0 Å². The van der Waals surface area contributed by atoms with Gasteiger partial charge in [-0.25, -0.2) is 0 Å². The van der Waals surface area contributed by atoms with Crippen molar-refractivity contribution in [2.75, 3.05) is 0 Å². The summed E-state index contributed by atoms with van der Waals surface area (Å²) in [6.45, 7) is 1.59. The normalized spacial score (nSPS) is 12.9. The number of rotatable bonds is 2. The maximum atomic E-state index is 10.7. The standard InChI is InChI=1S/C16H13NO3/c1-16(18,14-7-3-2-4-8-14)11-10-13-6-5-9-15(12-13)17(19)20/h2-9,12,18H,1H3. The summed E-state index contributed by atoms with van der Waals surface area (Å²) in [4.78, 5) is 10.2. The van der Waals surface area contributed by atoms with E-state index in [-0.39, 0.29) is 5.69 Å². The fraction of sp³-hybridized carbons (Fsp3) is 0.125. The van der Waals surface area contributed by atoms with Gasteiger partial charge >= 0.3 is 0 Å². The second kappa shape index (κ2) is 5.55. The van der Waals surface area contributed by atoms with Crippen LogP contribution in [0.1, 0.15) is 18.1 Å². The number of nitro benzene ring substituents is 1. The van der Waals surface area contributed by atoms with Crippen molar-refractivity contribution in [1.29, 1.82) is 0 Å². The maximum absolute atomic E-state index is 10.7. The number of nitro groups is 1. The molecular weight excluding hydrogens is 254 g/mol. The Morgan fingerprint density at radius 2 is 1.85 bits per heavy atom. The molecule has 4 nitrogen and oxygen atoms in total. The first-order chi connectivity index (χ1) is 9.49. The SMILES string of the molecule is CC(O)(C#Cc1cccc([N+](=O)[O-])c1)c1ccccc1. The van der Waals surface area contributed by atoms with Crippen LogP contribution >= 0.6 is 0 Å². The van der Waals surface area contributed by atoms with Gasteiger partial charge < -0.3 is 5.11 Å². The van der Waals surface area contributed by atoms with Gasteiger partial charge in [0.15, 0.2) is 0 Å². The highest BCUT2D eigenvalue weighted by atomic mass is 16.6. The van der Waals surface area contributed by atoms with Crippen LogP contribution in [0, 0.1) is 22.0 Å². The van der Waals surface area contributed by atoms with E-state index in [1.54, 1.807) is 31.2 Å². The predicted octanol–water partition coefficient (Wildman–Crippen LogP) is 2.85. The van der Waals surface area contributed by atoms with E-state index in [9.17, 15) is 15.2 Å². The fourth-order valence-electron chi connectivity index (χ4n) is 1.73. The van der Waals surface area contributed by atoms with Gasteiger partial charge in [0.25, 0.3) is 5.69 Å². The quantitative estimate of drug-likeness (QED) is 0.517. The summed E-state index contributed by atoms with van der Waals surface area (Å²) in [6.07, 6.45) is 0. The molecule has 100 valence electrons. The first kappa shape index (κ1) is 13.8. The molecule has 0 aliphatic rings. The zero-order valence-electron chi connectivity index (χ0n) is 10.9. The molecule has 4 heteroatoms. The van der Waals surface area contributed by atoms with Crippen LogP contribution < -0.4 is 0 Å². The van der Waals surface area contributed by atoms with Gasteiger partial charge in [-0.15, -0.1) is 0 Å².